The maximum absolute atomic E-state index is 14.0. The van der Waals surface area contributed by atoms with E-state index in [9.17, 15) is 18.5 Å². The van der Waals surface area contributed by atoms with Crippen LogP contribution in [0.2, 0.25) is 0 Å². The molecule has 0 aromatic heterocycles. The summed E-state index contributed by atoms with van der Waals surface area (Å²) in [5.41, 5.74) is 0.231. The Labute approximate surface area is 137 Å². The molecule has 6 heteroatoms. The van der Waals surface area contributed by atoms with Gasteiger partial charge in [-0.1, -0.05) is 13.0 Å². The van der Waals surface area contributed by atoms with Crippen molar-refractivity contribution in [2.24, 2.45) is 11.8 Å². The molecule has 0 heterocycles. The van der Waals surface area contributed by atoms with E-state index in [1.165, 1.54) is 13.0 Å². The van der Waals surface area contributed by atoms with Crippen molar-refractivity contribution in [3.63, 3.8) is 0 Å². The average Bonchev–Trinajstić information content (AvgIpc) is 3.27. The fourth-order valence-electron chi connectivity index (χ4n) is 2.69. The topological polar surface area (TPSA) is 46.5 Å². The quantitative estimate of drug-likeness (QED) is 0.472. The van der Waals surface area contributed by atoms with E-state index in [1.54, 1.807) is 13.8 Å². The van der Waals surface area contributed by atoms with Crippen LogP contribution in [0.4, 0.5) is 8.78 Å². The molecule has 0 aromatic rings. The summed E-state index contributed by atoms with van der Waals surface area (Å²) >= 11 is 0. The molecule has 0 saturated heterocycles. The first kappa shape index (κ1) is 20.3. The lowest BCUT2D eigenvalue weighted by molar-refractivity contribution is 0.221. The van der Waals surface area contributed by atoms with Crippen LogP contribution in [-0.2, 0) is 9.09 Å². The standard InChI is InChI=1S/C17H27F2O3P/c1-5-22-23(21,17-9-15(17)12(2)10-20)11-13(3)16(19)8-6-7-14(4)18/h6-8,12,15,17,20H,5,9-11H2,1-4H3/b8-6-,14-7+,16-13-. The van der Waals surface area contributed by atoms with Crippen LogP contribution in [-0.4, -0.2) is 30.1 Å². The van der Waals surface area contributed by atoms with Gasteiger partial charge in [-0.05, 0) is 56.8 Å². The first-order chi connectivity index (χ1) is 10.7. The molecule has 1 aliphatic carbocycles. The fourth-order valence-corrected chi connectivity index (χ4v) is 5.90. The van der Waals surface area contributed by atoms with E-state index < -0.39 is 19.0 Å². The number of halogens is 2. The smallest absolute Gasteiger partial charge is 0.210 e. The highest BCUT2D eigenvalue weighted by Gasteiger charge is 2.52. The van der Waals surface area contributed by atoms with Gasteiger partial charge in [0, 0.05) is 18.4 Å². The van der Waals surface area contributed by atoms with E-state index in [0.717, 1.165) is 18.6 Å². The fraction of sp³-hybridized carbons (Fsp3) is 0.647. The summed E-state index contributed by atoms with van der Waals surface area (Å²) in [6, 6.07) is 0. The molecular weight excluding hydrogens is 321 g/mol. The average molecular weight is 348 g/mol. The van der Waals surface area contributed by atoms with Crippen LogP contribution in [0.5, 0.6) is 0 Å². The molecule has 0 amide bonds. The van der Waals surface area contributed by atoms with Crippen LogP contribution in [0.25, 0.3) is 0 Å². The van der Waals surface area contributed by atoms with Gasteiger partial charge in [-0.3, -0.25) is 4.57 Å². The van der Waals surface area contributed by atoms with Crippen molar-refractivity contribution < 1.29 is 23.0 Å². The summed E-state index contributed by atoms with van der Waals surface area (Å²) in [6.45, 7) is 6.89. The van der Waals surface area contributed by atoms with Crippen LogP contribution in [0.1, 0.15) is 34.1 Å². The molecule has 4 unspecified atom stereocenters. The predicted octanol–water partition coefficient (Wildman–Crippen LogP) is 4.99. The lowest BCUT2D eigenvalue weighted by atomic mass is 10.1. The van der Waals surface area contributed by atoms with Crippen molar-refractivity contribution in [3.8, 4) is 0 Å². The number of aliphatic hydroxyl groups excluding tert-OH is 1. The highest BCUT2D eigenvalue weighted by Crippen LogP contribution is 2.66. The molecule has 132 valence electrons. The Hall–Kier alpha value is -0.770. The van der Waals surface area contributed by atoms with Gasteiger partial charge in [0.2, 0.25) is 7.37 Å². The van der Waals surface area contributed by atoms with Gasteiger partial charge < -0.3 is 9.63 Å². The number of hydrogen-bond acceptors (Lipinski definition) is 3. The zero-order valence-electron chi connectivity index (χ0n) is 14.3. The van der Waals surface area contributed by atoms with Crippen LogP contribution < -0.4 is 0 Å². The number of hydrogen-bond donors (Lipinski definition) is 1. The van der Waals surface area contributed by atoms with Gasteiger partial charge in [-0.15, -0.1) is 0 Å². The summed E-state index contributed by atoms with van der Waals surface area (Å²) in [4.78, 5) is 0. The third-order valence-electron chi connectivity index (χ3n) is 4.11. The van der Waals surface area contributed by atoms with Crippen LogP contribution in [0.15, 0.2) is 35.5 Å². The Morgan fingerprint density at radius 3 is 2.61 bits per heavy atom. The van der Waals surface area contributed by atoms with Gasteiger partial charge in [0.05, 0.1) is 12.4 Å². The molecule has 1 saturated carbocycles. The molecule has 4 atom stereocenters. The number of allylic oxidation sites excluding steroid dienone is 6. The number of rotatable bonds is 9. The van der Waals surface area contributed by atoms with E-state index in [1.807, 2.05) is 6.92 Å². The SMILES string of the molecule is CCOP(=O)(C/C(C)=C(F)/C=C\C=C(/C)F)C1CC1C(C)CO. The molecule has 0 aromatic carbocycles. The third kappa shape index (κ3) is 5.98. The van der Waals surface area contributed by atoms with Gasteiger partial charge >= 0.3 is 0 Å². The van der Waals surface area contributed by atoms with E-state index in [2.05, 4.69) is 0 Å². The van der Waals surface area contributed by atoms with E-state index in [0.29, 0.717) is 12.2 Å². The predicted molar refractivity (Wildman–Crippen MR) is 90.1 cm³/mol. The molecule has 1 N–H and O–H groups in total. The Kier molecular flexibility index (Phi) is 7.85. The van der Waals surface area contributed by atoms with E-state index in [4.69, 9.17) is 4.52 Å². The number of aliphatic hydroxyl groups is 1. The minimum Gasteiger partial charge on any atom is -0.396 e. The first-order valence-corrected chi connectivity index (χ1v) is 9.83. The minimum absolute atomic E-state index is 0.0497. The van der Waals surface area contributed by atoms with Crippen molar-refractivity contribution in [1.29, 1.82) is 0 Å². The molecule has 0 spiro atoms. The third-order valence-corrected chi connectivity index (χ3v) is 7.32. The monoisotopic (exact) mass is 348 g/mol. The maximum atomic E-state index is 14.0. The highest BCUT2D eigenvalue weighted by molar-refractivity contribution is 7.60. The minimum atomic E-state index is -3.00. The summed E-state index contributed by atoms with van der Waals surface area (Å²) in [6.07, 6.45) is 4.40. The molecule has 0 radical (unpaired) electrons. The molecule has 1 aliphatic rings. The van der Waals surface area contributed by atoms with Crippen molar-refractivity contribution in [2.75, 3.05) is 19.4 Å². The largest absolute Gasteiger partial charge is 0.396 e. The Morgan fingerprint density at radius 2 is 2.09 bits per heavy atom. The van der Waals surface area contributed by atoms with Crippen LogP contribution in [0, 0.1) is 11.8 Å². The summed E-state index contributed by atoms with van der Waals surface area (Å²) < 4.78 is 45.2. The Bertz CT molecular complexity index is 536. The van der Waals surface area contributed by atoms with Crippen molar-refractivity contribution in [1.82, 2.24) is 0 Å². The van der Waals surface area contributed by atoms with Crippen molar-refractivity contribution in [2.45, 2.75) is 39.8 Å². The van der Waals surface area contributed by atoms with Gasteiger partial charge in [0.25, 0.3) is 0 Å². The normalized spacial score (nSPS) is 26.8. The van der Waals surface area contributed by atoms with Crippen LogP contribution in [0.3, 0.4) is 0 Å². The van der Waals surface area contributed by atoms with Crippen molar-refractivity contribution >= 4 is 7.37 Å². The lowest BCUT2D eigenvalue weighted by Crippen LogP contribution is -2.10. The molecular formula is C17H27F2O3P. The van der Waals surface area contributed by atoms with Gasteiger partial charge in [-0.2, -0.15) is 0 Å². The van der Waals surface area contributed by atoms with Gasteiger partial charge in [-0.25, -0.2) is 8.78 Å². The molecule has 23 heavy (non-hydrogen) atoms. The van der Waals surface area contributed by atoms with Crippen molar-refractivity contribution in [3.05, 3.63) is 35.5 Å². The first-order valence-electron chi connectivity index (χ1n) is 7.95. The van der Waals surface area contributed by atoms with E-state index >= 15 is 0 Å². The Morgan fingerprint density at radius 1 is 1.43 bits per heavy atom. The van der Waals surface area contributed by atoms with Crippen LogP contribution >= 0.6 is 7.37 Å². The zero-order valence-corrected chi connectivity index (χ0v) is 15.2. The molecule has 1 fully saturated rings. The second-order valence-corrected chi connectivity index (χ2v) is 8.86. The van der Waals surface area contributed by atoms with Gasteiger partial charge in [0.1, 0.15) is 5.83 Å². The zero-order chi connectivity index (χ0) is 17.6. The Balaban J connectivity index is 2.85. The second kappa shape index (κ2) is 8.91. The maximum Gasteiger partial charge on any atom is 0.210 e. The summed E-state index contributed by atoms with van der Waals surface area (Å²) in [5.74, 6) is -0.693. The highest BCUT2D eigenvalue weighted by atomic mass is 31.2. The van der Waals surface area contributed by atoms with E-state index in [-0.39, 0.29) is 30.3 Å². The molecule has 0 aliphatic heterocycles. The second-order valence-electron chi connectivity index (χ2n) is 6.17. The molecule has 1 rings (SSSR count). The summed E-state index contributed by atoms with van der Waals surface area (Å²) in [5, 5.41) is 9.23. The molecule has 0 bridgehead atoms. The summed E-state index contributed by atoms with van der Waals surface area (Å²) in [7, 11) is -3.00. The van der Waals surface area contributed by atoms with Gasteiger partial charge in [0.15, 0.2) is 0 Å². The molecule has 3 nitrogen and oxygen atoms in total. The lowest BCUT2D eigenvalue weighted by Gasteiger charge is -2.19.